The molecule has 1 nitrogen and oxygen atoms in total. The van der Waals surface area contributed by atoms with Crippen molar-refractivity contribution in [2.45, 2.75) is 46.0 Å². The van der Waals surface area contributed by atoms with E-state index in [0.29, 0.717) is 0 Å². The number of hydrogen-bond acceptors (Lipinski definition) is 1. The zero-order valence-electron chi connectivity index (χ0n) is 8.40. The molecule has 0 amide bonds. The van der Waals surface area contributed by atoms with Gasteiger partial charge in [-0.2, -0.15) is 0 Å². The minimum absolute atomic E-state index is 0.795. The average Bonchev–Trinajstić information content (AvgIpc) is 2.05. The second-order valence-electron chi connectivity index (χ2n) is 3.55. The fourth-order valence-corrected chi connectivity index (χ4v) is 1.32. The summed E-state index contributed by atoms with van der Waals surface area (Å²) in [7, 11) is 0. The fraction of sp³-hybridized carbons (Fsp3) is 0.727. The summed E-state index contributed by atoms with van der Waals surface area (Å²) in [5, 5.41) is 6.95. The fourth-order valence-electron chi connectivity index (χ4n) is 1.32. The molecule has 0 spiro atoms. The van der Waals surface area contributed by atoms with E-state index in [1.807, 2.05) is 0 Å². The maximum Gasteiger partial charge on any atom is -0.00476 e. The standard InChI is InChI=1S/C11H21N/c1-4-11(6-5-9-12)8-7-10(2)3/h9,11-12H,2,4-8H2,1,3H3. The van der Waals surface area contributed by atoms with Gasteiger partial charge in [-0.3, -0.25) is 0 Å². The Hall–Kier alpha value is -0.590. The Kier molecular flexibility index (Phi) is 6.73. The lowest BCUT2D eigenvalue weighted by molar-refractivity contribution is 0.446. The van der Waals surface area contributed by atoms with Crippen molar-refractivity contribution in [2.75, 3.05) is 0 Å². The van der Waals surface area contributed by atoms with Gasteiger partial charge in [0.05, 0.1) is 0 Å². The minimum Gasteiger partial charge on any atom is -0.313 e. The van der Waals surface area contributed by atoms with E-state index in [-0.39, 0.29) is 0 Å². The molecule has 70 valence electrons. The summed E-state index contributed by atoms with van der Waals surface area (Å²) in [5.41, 5.74) is 1.28. The van der Waals surface area contributed by atoms with Crippen LogP contribution in [0, 0.1) is 11.3 Å². The molecule has 0 aliphatic rings. The smallest absolute Gasteiger partial charge is 0.00476 e. The summed E-state index contributed by atoms with van der Waals surface area (Å²) < 4.78 is 0. The molecule has 1 unspecified atom stereocenters. The molecule has 0 aliphatic carbocycles. The molecular weight excluding hydrogens is 146 g/mol. The number of hydrogen-bond donors (Lipinski definition) is 1. The van der Waals surface area contributed by atoms with Gasteiger partial charge in [-0.05, 0) is 44.7 Å². The molecule has 1 atom stereocenters. The van der Waals surface area contributed by atoms with E-state index in [2.05, 4.69) is 20.4 Å². The molecule has 0 aromatic carbocycles. The molecule has 12 heavy (non-hydrogen) atoms. The Morgan fingerprint density at radius 2 is 2.17 bits per heavy atom. The molecule has 0 aliphatic heterocycles. The van der Waals surface area contributed by atoms with Crippen LogP contribution in [0.25, 0.3) is 0 Å². The van der Waals surface area contributed by atoms with Gasteiger partial charge in [0.1, 0.15) is 0 Å². The van der Waals surface area contributed by atoms with Gasteiger partial charge >= 0.3 is 0 Å². The average molecular weight is 167 g/mol. The van der Waals surface area contributed by atoms with Crippen LogP contribution in [0.1, 0.15) is 46.0 Å². The summed E-state index contributed by atoms with van der Waals surface area (Å²) in [6.07, 6.45) is 7.27. The molecule has 0 aromatic heterocycles. The third-order valence-corrected chi connectivity index (χ3v) is 2.28. The highest BCUT2D eigenvalue weighted by atomic mass is 14.3. The first-order valence-corrected chi connectivity index (χ1v) is 4.84. The van der Waals surface area contributed by atoms with Crippen LogP contribution in [-0.2, 0) is 0 Å². The second-order valence-corrected chi connectivity index (χ2v) is 3.55. The topological polar surface area (TPSA) is 23.9 Å². The highest BCUT2D eigenvalue weighted by Crippen LogP contribution is 2.18. The van der Waals surface area contributed by atoms with Crippen molar-refractivity contribution in [3.8, 4) is 0 Å². The zero-order chi connectivity index (χ0) is 9.40. The molecule has 0 rings (SSSR count). The molecule has 0 radical (unpaired) electrons. The van der Waals surface area contributed by atoms with Crippen molar-refractivity contribution >= 4 is 6.21 Å². The van der Waals surface area contributed by atoms with Gasteiger partial charge in [-0.1, -0.05) is 18.9 Å². The predicted molar refractivity (Wildman–Crippen MR) is 55.8 cm³/mol. The molecule has 0 saturated heterocycles. The Balaban J connectivity index is 3.52. The van der Waals surface area contributed by atoms with E-state index >= 15 is 0 Å². The number of nitrogens with one attached hydrogen (secondary N) is 1. The lowest BCUT2D eigenvalue weighted by atomic mass is 9.94. The van der Waals surface area contributed by atoms with Gasteiger partial charge in [0.2, 0.25) is 0 Å². The number of rotatable bonds is 7. The normalized spacial score (nSPS) is 12.5. The van der Waals surface area contributed by atoms with Gasteiger partial charge in [0.15, 0.2) is 0 Å². The summed E-state index contributed by atoms with van der Waals surface area (Å²) in [4.78, 5) is 0. The molecule has 1 heteroatoms. The number of allylic oxidation sites excluding steroid dienone is 1. The summed E-state index contributed by atoms with van der Waals surface area (Å²) >= 11 is 0. The molecule has 0 bridgehead atoms. The van der Waals surface area contributed by atoms with Crippen LogP contribution in [0.2, 0.25) is 0 Å². The van der Waals surface area contributed by atoms with E-state index < -0.39 is 0 Å². The van der Waals surface area contributed by atoms with Crippen molar-refractivity contribution in [3.63, 3.8) is 0 Å². The van der Waals surface area contributed by atoms with Crippen LogP contribution in [-0.4, -0.2) is 6.21 Å². The highest BCUT2D eigenvalue weighted by Gasteiger charge is 2.04. The van der Waals surface area contributed by atoms with Crippen molar-refractivity contribution in [3.05, 3.63) is 12.2 Å². The summed E-state index contributed by atoms with van der Waals surface area (Å²) in [6.45, 7) is 8.21. The molecular formula is C11H21N. The lowest BCUT2D eigenvalue weighted by Gasteiger charge is -2.12. The third-order valence-electron chi connectivity index (χ3n) is 2.28. The third kappa shape index (κ3) is 6.14. The lowest BCUT2D eigenvalue weighted by Crippen LogP contribution is -1.99. The predicted octanol–water partition coefficient (Wildman–Crippen LogP) is 3.80. The molecule has 0 aromatic rings. The quantitative estimate of drug-likeness (QED) is 0.440. The first-order valence-electron chi connectivity index (χ1n) is 4.84. The van der Waals surface area contributed by atoms with Crippen LogP contribution in [0.5, 0.6) is 0 Å². The van der Waals surface area contributed by atoms with E-state index in [1.54, 1.807) is 0 Å². The Morgan fingerprint density at radius 1 is 1.50 bits per heavy atom. The highest BCUT2D eigenvalue weighted by molar-refractivity contribution is 5.52. The van der Waals surface area contributed by atoms with Gasteiger partial charge in [-0.15, -0.1) is 6.58 Å². The molecule has 0 fully saturated rings. The van der Waals surface area contributed by atoms with E-state index in [4.69, 9.17) is 5.41 Å². The van der Waals surface area contributed by atoms with E-state index in [1.165, 1.54) is 31.1 Å². The minimum atomic E-state index is 0.795. The van der Waals surface area contributed by atoms with Gasteiger partial charge in [0.25, 0.3) is 0 Å². The zero-order valence-corrected chi connectivity index (χ0v) is 8.40. The van der Waals surface area contributed by atoms with Crippen LogP contribution in [0.3, 0.4) is 0 Å². The molecule has 0 heterocycles. The second kappa shape index (κ2) is 7.08. The van der Waals surface area contributed by atoms with E-state index in [9.17, 15) is 0 Å². The van der Waals surface area contributed by atoms with Crippen molar-refractivity contribution < 1.29 is 0 Å². The Labute approximate surface area is 76.4 Å². The Bertz CT molecular complexity index is 138. The van der Waals surface area contributed by atoms with Crippen molar-refractivity contribution in [1.29, 1.82) is 5.41 Å². The van der Waals surface area contributed by atoms with Crippen LogP contribution >= 0.6 is 0 Å². The van der Waals surface area contributed by atoms with Crippen molar-refractivity contribution in [2.24, 2.45) is 5.92 Å². The van der Waals surface area contributed by atoms with Crippen LogP contribution < -0.4 is 0 Å². The first-order chi connectivity index (χ1) is 5.70. The van der Waals surface area contributed by atoms with E-state index in [0.717, 1.165) is 18.8 Å². The maximum atomic E-state index is 6.95. The monoisotopic (exact) mass is 167 g/mol. The summed E-state index contributed by atoms with van der Waals surface area (Å²) in [5.74, 6) is 0.795. The Morgan fingerprint density at radius 3 is 2.58 bits per heavy atom. The molecule has 0 saturated carbocycles. The SMILES string of the molecule is C=C(C)CCC(CC)CCC=N. The largest absolute Gasteiger partial charge is 0.313 e. The van der Waals surface area contributed by atoms with Gasteiger partial charge in [-0.25, -0.2) is 0 Å². The van der Waals surface area contributed by atoms with Crippen LogP contribution in [0.15, 0.2) is 12.2 Å². The summed E-state index contributed by atoms with van der Waals surface area (Å²) in [6, 6.07) is 0. The van der Waals surface area contributed by atoms with Crippen molar-refractivity contribution in [1.82, 2.24) is 0 Å². The van der Waals surface area contributed by atoms with Gasteiger partial charge < -0.3 is 5.41 Å². The maximum absolute atomic E-state index is 6.95. The van der Waals surface area contributed by atoms with Gasteiger partial charge in [0, 0.05) is 0 Å². The first kappa shape index (κ1) is 11.4. The van der Waals surface area contributed by atoms with Crippen LogP contribution in [0.4, 0.5) is 0 Å². The molecule has 1 N–H and O–H groups in total.